The maximum Gasteiger partial charge on any atom is 0.306 e. The number of hydrogen-bond donors (Lipinski definition) is 0. The van der Waals surface area contributed by atoms with Crippen molar-refractivity contribution >= 4 is 17.9 Å². The lowest BCUT2D eigenvalue weighted by molar-refractivity contribution is -0.167. The van der Waals surface area contributed by atoms with E-state index in [9.17, 15) is 14.4 Å². The van der Waals surface area contributed by atoms with Crippen LogP contribution in [-0.2, 0) is 28.6 Å². The fraction of sp³-hybridized carbons (Fsp3) is 0.480. The van der Waals surface area contributed by atoms with Gasteiger partial charge in [-0.15, -0.1) is 0 Å². The van der Waals surface area contributed by atoms with Crippen LogP contribution in [0.25, 0.3) is 0 Å². The van der Waals surface area contributed by atoms with Crippen LogP contribution in [0.4, 0.5) is 0 Å². The molecule has 0 rings (SSSR count). The summed E-state index contributed by atoms with van der Waals surface area (Å²) in [6.07, 6.45) is 104. The largest absolute Gasteiger partial charge is 0.462 e. The van der Waals surface area contributed by atoms with Crippen molar-refractivity contribution in [2.45, 2.75) is 219 Å². The molecule has 0 aliphatic heterocycles. The number of esters is 3. The molecule has 1 unspecified atom stereocenters. The summed E-state index contributed by atoms with van der Waals surface area (Å²) in [6.45, 7) is 6.16. The second-order valence-corrected chi connectivity index (χ2v) is 19.5. The summed E-state index contributed by atoms with van der Waals surface area (Å²) in [4.78, 5) is 38.2. The summed E-state index contributed by atoms with van der Waals surface area (Å²) in [5.74, 6) is -1.09. The Morgan fingerprint density at radius 2 is 0.457 bits per heavy atom. The quantitative estimate of drug-likeness (QED) is 0.0261. The molecule has 1 atom stereocenters. The molecule has 0 bridgehead atoms. The number of ether oxygens (including phenoxy) is 3. The molecule has 0 saturated heterocycles. The van der Waals surface area contributed by atoms with Crippen LogP contribution in [0, 0.1) is 0 Å². The second-order valence-electron chi connectivity index (χ2n) is 19.5. The van der Waals surface area contributed by atoms with E-state index in [1.54, 1.807) is 0 Å². The zero-order valence-electron chi connectivity index (χ0n) is 50.9. The van der Waals surface area contributed by atoms with Crippen LogP contribution in [0.15, 0.2) is 219 Å². The van der Waals surface area contributed by atoms with Gasteiger partial charge in [0.15, 0.2) is 6.10 Å². The molecule has 6 heteroatoms. The van der Waals surface area contributed by atoms with Crippen molar-refractivity contribution in [2.75, 3.05) is 13.2 Å². The molecule has 0 heterocycles. The summed E-state index contributed by atoms with van der Waals surface area (Å²) in [6, 6.07) is 0. The average molecular weight is 1110 g/mol. The fourth-order valence-electron chi connectivity index (χ4n) is 7.40. The third-order valence-corrected chi connectivity index (χ3v) is 12.0. The normalized spacial score (nSPS) is 13.7. The number of allylic oxidation sites excluding steroid dienone is 36. The lowest BCUT2D eigenvalue weighted by Gasteiger charge is -2.18. The fourth-order valence-corrected chi connectivity index (χ4v) is 7.40. The molecule has 0 aliphatic rings. The topological polar surface area (TPSA) is 78.9 Å². The van der Waals surface area contributed by atoms with E-state index in [1.807, 2.05) is 0 Å². The molecular formula is C75H110O6. The highest BCUT2D eigenvalue weighted by Crippen LogP contribution is 2.10. The summed E-state index contributed by atoms with van der Waals surface area (Å²) in [7, 11) is 0. The van der Waals surface area contributed by atoms with Crippen molar-refractivity contribution in [3.05, 3.63) is 219 Å². The summed E-state index contributed by atoms with van der Waals surface area (Å²) in [5, 5.41) is 0. The van der Waals surface area contributed by atoms with Crippen molar-refractivity contribution < 1.29 is 28.6 Å². The van der Waals surface area contributed by atoms with Crippen molar-refractivity contribution in [1.82, 2.24) is 0 Å². The van der Waals surface area contributed by atoms with Gasteiger partial charge in [-0.05, 0) is 167 Å². The van der Waals surface area contributed by atoms with Crippen LogP contribution in [0.2, 0.25) is 0 Å². The Balaban J connectivity index is 4.58. The Hall–Kier alpha value is -6.27. The Kier molecular flexibility index (Phi) is 61.1. The van der Waals surface area contributed by atoms with Crippen molar-refractivity contribution in [3.8, 4) is 0 Å². The Labute approximate surface area is 495 Å². The van der Waals surface area contributed by atoms with Gasteiger partial charge in [-0.2, -0.15) is 0 Å². The maximum atomic E-state index is 12.9. The van der Waals surface area contributed by atoms with Crippen LogP contribution in [-0.4, -0.2) is 37.2 Å². The first kappa shape index (κ1) is 74.7. The summed E-state index contributed by atoms with van der Waals surface area (Å²) >= 11 is 0. The van der Waals surface area contributed by atoms with Gasteiger partial charge in [0, 0.05) is 19.3 Å². The van der Waals surface area contributed by atoms with Gasteiger partial charge in [0.2, 0.25) is 0 Å². The highest BCUT2D eigenvalue weighted by molar-refractivity contribution is 5.71. The van der Waals surface area contributed by atoms with Crippen LogP contribution in [0.1, 0.15) is 213 Å². The van der Waals surface area contributed by atoms with Crippen molar-refractivity contribution in [1.29, 1.82) is 0 Å². The van der Waals surface area contributed by atoms with Crippen LogP contribution in [0.3, 0.4) is 0 Å². The van der Waals surface area contributed by atoms with E-state index < -0.39 is 6.10 Å². The molecule has 0 fully saturated rings. The van der Waals surface area contributed by atoms with E-state index in [2.05, 4.69) is 240 Å². The first-order valence-corrected chi connectivity index (χ1v) is 31.2. The summed E-state index contributed by atoms with van der Waals surface area (Å²) in [5.41, 5.74) is 0. The number of rotatable bonds is 53. The standard InChI is InChI=1S/C75H110O6/c1-4-7-10-13-16-19-22-25-27-29-31-33-34-35-36-37-38-39-40-42-43-45-47-50-53-56-59-62-65-68-74(77)80-71-72(70-79-73(76)67-64-61-58-55-52-49-24-21-18-15-12-9-6-3)81-75(78)69-66-63-60-57-54-51-48-46-44-41-32-30-28-26-23-20-17-14-11-8-5-2/h7-12,16-21,25-28,31-33,35-36,38-39,41-43,46-50,52,54,56-57,59,72H,4-6,13-15,22-24,29-30,34,37,40,44-45,51,53,55,58,60-71H2,1-3H3/b10-7-,11-8-,12-9-,19-16-,20-17-,21-18-,27-25-,28-26-,33-31-,36-35-,39-38-,41-32-,43-42-,48-46-,50-47-,52-49-,57-54-,59-56-. The molecule has 81 heavy (non-hydrogen) atoms. The van der Waals surface area contributed by atoms with Gasteiger partial charge < -0.3 is 14.2 Å². The molecular weight excluding hydrogens is 997 g/mol. The number of carbonyl (C=O) groups excluding carboxylic acids is 3. The minimum absolute atomic E-state index is 0.142. The molecule has 0 N–H and O–H groups in total. The third kappa shape index (κ3) is 64.4. The Bertz CT molecular complexity index is 2050. The monoisotopic (exact) mass is 1110 g/mol. The minimum Gasteiger partial charge on any atom is -0.462 e. The first-order chi connectivity index (χ1) is 40.0. The molecule has 0 radical (unpaired) electrons. The molecule has 0 aromatic carbocycles. The molecule has 0 amide bonds. The first-order valence-electron chi connectivity index (χ1n) is 31.2. The van der Waals surface area contributed by atoms with E-state index in [4.69, 9.17) is 14.2 Å². The van der Waals surface area contributed by atoms with Gasteiger partial charge in [-0.25, -0.2) is 0 Å². The Morgan fingerprint density at radius 1 is 0.247 bits per heavy atom. The second kappa shape index (κ2) is 66.2. The van der Waals surface area contributed by atoms with Gasteiger partial charge >= 0.3 is 17.9 Å². The highest BCUT2D eigenvalue weighted by atomic mass is 16.6. The van der Waals surface area contributed by atoms with E-state index in [-0.39, 0.29) is 44.0 Å². The molecule has 0 spiro atoms. The lowest BCUT2D eigenvalue weighted by atomic mass is 10.1. The van der Waals surface area contributed by atoms with Gasteiger partial charge in [-0.1, -0.05) is 246 Å². The lowest BCUT2D eigenvalue weighted by Crippen LogP contribution is -2.30. The molecule has 6 nitrogen and oxygen atoms in total. The molecule has 446 valence electrons. The van der Waals surface area contributed by atoms with Gasteiger partial charge in [0.1, 0.15) is 13.2 Å². The van der Waals surface area contributed by atoms with E-state index >= 15 is 0 Å². The number of carbonyl (C=O) groups is 3. The van der Waals surface area contributed by atoms with Gasteiger partial charge in [0.25, 0.3) is 0 Å². The predicted molar refractivity (Wildman–Crippen MR) is 352 cm³/mol. The molecule has 0 saturated carbocycles. The molecule has 0 aliphatic carbocycles. The zero-order valence-corrected chi connectivity index (χ0v) is 50.9. The minimum atomic E-state index is -0.853. The van der Waals surface area contributed by atoms with Crippen LogP contribution in [0.5, 0.6) is 0 Å². The Morgan fingerprint density at radius 3 is 0.741 bits per heavy atom. The number of unbranched alkanes of at least 4 members (excludes halogenated alkanes) is 6. The van der Waals surface area contributed by atoms with Gasteiger partial charge in [0.05, 0.1) is 0 Å². The SMILES string of the molecule is CC/C=C\C/C=C\C/C=C\C/C=C\C/C=C\C/C=C\C/C=C\C/C=C\C/C=C\CCCC(=O)OCC(COC(=O)CCCCC/C=C\C/C=C\C/C=C\CC)OC(=O)CCCC/C=C\C/C=C\C/C=C\C/C=C\C/C=C\C/C=C\CC. The maximum absolute atomic E-state index is 12.9. The zero-order chi connectivity index (χ0) is 58.5. The smallest absolute Gasteiger partial charge is 0.306 e. The van der Waals surface area contributed by atoms with Crippen molar-refractivity contribution in [3.63, 3.8) is 0 Å². The van der Waals surface area contributed by atoms with E-state index in [0.717, 1.165) is 161 Å². The van der Waals surface area contributed by atoms with Crippen molar-refractivity contribution in [2.24, 2.45) is 0 Å². The third-order valence-electron chi connectivity index (χ3n) is 12.0. The molecule has 0 aromatic heterocycles. The van der Waals surface area contributed by atoms with E-state index in [0.29, 0.717) is 19.3 Å². The average Bonchev–Trinajstić information content (AvgIpc) is 3.46. The van der Waals surface area contributed by atoms with Gasteiger partial charge in [-0.3, -0.25) is 14.4 Å². The predicted octanol–water partition coefficient (Wildman–Crippen LogP) is 21.8. The van der Waals surface area contributed by atoms with Crippen LogP contribution >= 0.6 is 0 Å². The van der Waals surface area contributed by atoms with E-state index in [1.165, 1.54) is 0 Å². The van der Waals surface area contributed by atoms with Crippen LogP contribution < -0.4 is 0 Å². The highest BCUT2D eigenvalue weighted by Gasteiger charge is 2.19. The summed E-state index contributed by atoms with van der Waals surface area (Å²) < 4.78 is 16.8. The molecule has 0 aromatic rings. The number of hydrogen-bond acceptors (Lipinski definition) is 6.